The molecular formula is C19H22O5S3. The Bertz CT molecular complexity index is 819. The molecule has 0 amide bonds. The molecule has 0 atom stereocenters. The number of carbonyl (C=O) groups is 1. The number of hydrogen-bond donors (Lipinski definition) is 0. The van der Waals surface area contributed by atoms with Crippen molar-refractivity contribution in [1.82, 2.24) is 0 Å². The van der Waals surface area contributed by atoms with Gasteiger partial charge in [-0.15, -0.1) is 0 Å². The van der Waals surface area contributed by atoms with Crippen molar-refractivity contribution in [2.75, 3.05) is 42.5 Å². The van der Waals surface area contributed by atoms with Crippen molar-refractivity contribution in [1.29, 1.82) is 0 Å². The van der Waals surface area contributed by atoms with E-state index >= 15 is 0 Å². The Morgan fingerprint density at radius 2 is 1.89 bits per heavy atom. The molecule has 0 bridgehead atoms. The molecule has 0 aliphatic carbocycles. The number of fused-ring (bicyclic) bond motifs is 1. The second-order valence-corrected chi connectivity index (χ2v) is 8.79. The first-order valence-corrected chi connectivity index (χ1v) is 11.6. The van der Waals surface area contributed by atoms with Crippen molar-refractivity contribution < 1.29 is 18.7 Å². The molecule has 0 N–H and O–H groups in total. The van der Waals surface area contributed by atoms with E-state index in [9.17, 15) is 9.59 Å². The van der Waals surface area contributed by atoms with E-state index in [1.165, 1.54) is 23.9 Å². The first-order chi connectivity index (χ1) is 13.1. The van der Waals surface area contributed by atoms with E-state index < -0.39 is 5.63 Å². The van der Waals surface area contributed by atoms with Gasteiger partial charge in [0.05, 0.1) is 25.2 Å². The van der Waals surface area contributed by atoms with Gasteiger partial charge in [-0.2, -0.15) is 23.5 Å². The minimum Gasteiger partial charge on any atom is -0.497 e. The zero-order valence-corrected chi connectivity index (χ0v) is 17.6. The summed E-state index contributed by atoms with van der Waals surface area (Å²) in [4.78, 5) is 22.8. The van der Waals surface area contributed by atoms with Gasteiger partial charge in [0, 0.05) is 34.8 Å². The van der Waals surface area contributed by atoms with Crippen LogP contribution in [0.4, 0.5) is 0 Å². The van der Waals surface area contributed by atoms with Crippen molar-refractivity contribution in [2.45, 2.75) is 0 Å². The van der Waals surface area contributed by atoms with E-state index in [0.29, 0.717) is 23.7 Å². The molecule has 27 heavy (non-hydrogen) atoms. The summed E-state index contributed by atoms with van der Waals surface area (Å²) in [5.41, 5.74) is 0.0105. The molecule has 2 rings (SSSR count). The highest BCUT2D eigenvalue weighted by atomic mass is 32.2. The maximum atomic E-state index is 11.7. The van der Waals surface area contributed by atoms with E-state index in [4.69, 9.17) is 13.9 Å². The predicted octanol–water partition coefficient (Wildman–Crippen LogP) is 4.09. The highest BCUT2D eigenvalue weighted by molar-refractivity contribution is 8.14. The zero-order valence-electron chi connectivity index (χ0n) is 15.1. The van der Waals surface area contributed by atoms with Crippen LogP contribution in [-0.4, -0.2) is 47.6 Å². The van der Waals surface area contributed by atoms with Crippen LogP contribution in [0.2, 0.25) is 0 Å². The molecular weight excluding hydrogens is 404 g/mol. The molecule has 5 nitrogen and oxygen atoms in total. The second-order valence-electron chi connectivity index (χ2n) is 5.24. The fraction of sp³-hybridized carbons (Fsp3) is 0.368. The first kappa shape index (κ1) is 21.8. The van der Waals surface area contributed by atoms with Crippen LogP contribution in [0.1, 0.15) is 0 Å². The van der Waals surface area contributed by atoms with Gasteiger partial charge in [0.1, 0.15) is 17.1 Å². The summed E-state index contributed by atoms with van der Waals surface area (Å²) in [6.07, 6.45) is 1.35. The lowest BCUT2D eigenvalue weighted by atomic mass is 10.2. The summed E-state index contributed by atoms with van der Waals surface area (Å²) in [6.45, 7) is 3.97. The smallest absolute Gasteiger partial charge is 0.339 e. The van der Waals surface area contributed by atoms with Crippen molar-refractivity contribution in [2.24, 2.45) is 0 Å². The lowest BCUT2D eigenvalue weighted by Gasteiger charge is -2.09. The number of rotatable bonds is 12. The maximum absolute atomic E-state index is 11.7. The number of ether oxygens (including phenoxy) is 2. The lowest BCUT2D eigenvalue weighted by molar-refractivity contribution is -0.107. The summed E-state index contributed by atoms with van der Waals surface area (Å²) in [6, 6.07) is 6.68. The number of hydrogen-bond acceptors (Lipinski definition) is 8. The van der Waals surface area contributed by atoms with Crippen LogP contribution < -0.4 is 15.1 Å². The van der Waals surface area contributed by atoms with Crippen LogP contribution in [-0.2, 0) is 4.79 Å². The van der Waals surface area contributed by atoms with Crippen molar-refractivity contribution >= 4 is 51.4 Å². The normalized spacial score (nSPS) is 10.7. The summed E-state index contributed by atoms with van der Waals surface area (Å²) < 4.78 is 16.1. The quantitative estimate of drug-likeness (QED) is 0.286. The monoisotopic (exact) mass is 426 g/mol. The number of carbonyl (C=O) groups excluding carboxylic acids is 1. The highest BCUT2D eigenvalue weighted by Gasteiger charge is 2.08. The highest BCUT2D eigenvalue weighted by Crippen LogP contribution is 2.27. The van der Waals surface area contributed by atoms with Crippen LogP contribution in [0.5, 0.6) is 11.5 Å². The zero-order chi connectivity index (χ0) is 19.5. The third-order valence-electron chi connectivity index (χ3n) is 3.41. The van der Waals surface area contributed by atoms with E-state index in [0.717, 1.165) is 34.2 Å². The average Bonchev–Trinajstić information content (AvgIpc) is 2.68. The van der Waals surface area contributed by atoms with Gasteiger partial charge in [0.25, 0.3) is 0 Å². The maximum Gasteiger partial charge on any atom is 0.339 e. The largest absolute Gasteiger partial charge is 0.497 e. The summed E-state index contributed by atoms with van der Waals surface area (Å²) >= 11 is 4.94. The second kappa shape index (κ2) is 12.0. The Kier molecular flexibility index (Phi) is 9.72. The molecule has 0 spiro atoms. The predicted molar refractivity (Wildman–Crippen MR) is 117 cm³/mol. The molecule has 0 aliphatic heterocycles. The average molecular weight is 427 g/mol. The van der Waals surface area contributed by atoms with Crippen LogP contribution in [0.25, 0.3) is 11.0 Å². The molecule has 2 aromatic rings. The summed E-state index contributed by atoms with van der Waals surface area (Å²) in [7, 11) is 1.56. The molecule has 146 valence electrons. The minimum atomic E-state index is -0.442. The van der Waals surface area contributed by atoms with Gasteiger partial charge in [0.15, 0.2) is 0 Å². The molecule has 0 fully saturated rings. The van der Waals surface area contributed by atoms with Gasteiger partial charge in [0.2, 0.25) is 5.12 Å². The van der Waals surface area contributed by atoms with Gasteiger partial charge in [-0.05, 0) is 18.2 Å². The fourth-order valence-electron chi connectivity index (χ4n) is 2.15. The molecule has 1 heterocycles. The van der Waals surface area contributed by atoms with Crippen LogP contribution in [0.3, 0.4) is 0 Å². The molecule has 0 aliphatic rings. The molecule has 0 saturated heterocycles. The minimum absolute atomic E-state index is 0.0306. The van der Waals surface area contributed by atoms with Gasteiger partial charge in [-0.1, -0.05) is 18.3 Å². The van der Waals surface area contributed by atoms with Crippen LogP contribution >= 0.6 is 35.3 Å². The van der Waals surface area contributed by atoms with E-state index in [1.54, 1.807) is 24.9 Å². The van der Waals surface area contributed by atoms with Gasteiger partial charge < -0.3 is 13.9 Å². The molecule has 1 aromatic heterocycles. The Morgan fingerprint density at radius 1 is 1.15 bits per heavy atom. The Hall–Kier alpha value is -1.51. The van der Waals surface area contributed by atoms with Crippen LogP contribution in [0, 0.1) is 0 Å². The topological polar surface area (TPSA) is 65.7 Å². The number of benzene rings is 1. The van der Waals surface area contributed by atoms with E-state index in [-0.39, 0.29) is 5.12 Å². The Morgan fingerprint density at radius 3 is 2.63 bits per heavy atom. The van der Waals surface area contributed by atoms with Crippen molar-refractivity contribution in [3.05, 3.63) is 47.3 Å². The molecule has 0 radical (unpaired) electrons. The Labute approximate surface area is 171 Å². The number of thioether (sulfide) groups is 3. The van der Waals surface area contributed by atoms with E-state index in [2.05, 4.69) is 6.58 Å². The molecule has 1 aromatic carbocycles. The lowest BCUT2D eigenvalue weighted by Crippen LogP contribution is -2.05. The first-order valence-electron chi connectivity index (χ1n) is 8.33. The Balaban J connectivity index is 1.68. The van der Waals surface area contributed by atoms with Gasteiger partial charge in [-0.3, -0.25) is 4.79 Å². The third kappa shape index (κ3) is 7.56. The summed E-state index contributed by atoms with van der Waals surface area (Å²) in [5, 5.41) is 0.783. The number of methoxy groups -OCH3 is 1. The standard InChI is InChI=1S/C19H22O5S3/c1-3-19(21)27-11-10-26-9-8-25-7-6-23-16-13-18(20)24-17-12-14(22-2)4-5-15(16)17/h3-5,12-13H,1,6-11H2,2H3. The van der Waals surface area contributed by atoms with Crippen molar-refractivity contribution in [3.8, 4) is 11.5 Å². The van der Waals surface area contributed by atoms with Crippen molar-refractivity contribution in [3.63, 3.8) is 0 Å². The van der Waals surface area contributed by atoms with Gasteiger partial charge >= 0.3 is 5.63 Å². The summed E-state index contributed by atoms with van der Waals surface area (Å²) in [5.74, 6) is 5.82. The van der Waals surface area contributed by atoms with Crippen LogP contribution in [0.15, 0.2) is 46.1 Å². The SMILES string of the molecule is C=CC(=O)SCCSCCSCCOc1cc(=O)oc2cc(OC)ccc12. The fourth-order valence-corrected chi connectivity index (χ4v) is 4.83. The van der Waals surface area contributed by atoms with E-state index in [1.807, 2.05) is 23.9 Å². The third-order valence-corrected chi connectivity index (χ3v) is 6.72. The molecule has 8 heteroatoms. The molecule has 0 saturated carbocycles. The molecule has 0 unspecified atom stereocenters. The van der Waals surface area contributed by atoms with Gasteiger partial charge in [-0.25, -0.2) is 4.79 Å².